The van der Waals surface area contributed by atoms with Crippen LogP contribution in [0.25, 0.3) is 0 Å². The molecule has 0 fully saturated rings. The third-order valence-electron chi connectivity index (χ3n) is 2.29. The van der Waals surface area contributed by atoms with E-state index in [0.29, 0.717) is 13.0 Å². The highest BCUT2D eigenvalue weighted by atomic mass is 19.1. The molecule has 1 aromatic rings. The van der Waals surface area contributed by atoms with Crippen LogP contribution in [0.5, 0.6) is 0 Å². The van der Waals surface area contributed by atoms with Gasteiger partial charge in [0.1, 0.15) is 11.4 Å². The maximum absolute atomic E-state index is 12.9. The number of halogens is 1. The van der Waals surface area contributed by atoms with Crippen LogP contribution in [0.15, 0.2) is 18.2 Å². The maximum atomic E-state index is 12.9. The van der Waals surface area contributed by atoms with Gasteiger partial charge < -0.3 is 10.6 Å². The number of carbonyl (C=O) groups excluding carboxylic acids is 1. The quantitative estimate of drug-likeness (QED) is 0.452. The number of rotatable bonds is 6. The van der Waals surface area contributed by atoms with Gasteiger partial charge >= 0.3 is 0 Å². The van der Waals surface area contributed by atoms with E-state index < -0.39 is 22.3 Å². The Morgan fingerprint density at radius 1 is 1.44 bits per heavy atom. The van der Waals surface area contributed by atoms with Crippen molar-refractivity contribution >= 4 is 11.6 Å². The lowest BCUT2D eigenvalue weighted by atomic mass is 10.1. The average Bonchev–Trinajstić information content (AvgIpc) is 2.34. The van der Waals surface area contributed by atoms with Crippen molar-refractivity contribution in [3.05, 3.63) is 39.7 Å². The van der Waals surface area contributed by atoms with Crippen LogP contribution >= 0.6 is 0 Å². The zero-order valence-electron chi connectivity index (χ0n) is 9.90. The molecule has 2 N–H and O–H groups in total. The third-order valence-corrected chi connectivity index (χ3v) is 2.29. The highest BCUT2D eigenvalue weighted by Crippen LogP contribution is 2.19. The molecule has 98 valence electrons. The number of amides is 1. The van der Waals surface area contributed by atoms with Gasteiger partial charge in [0.05, 0.1) is 11.0 Å². The van der Waals surface area contributed by atoms with E-state index in [2.05, 4.69) is 10.6 Å². The van der Waals surface area contributed by atoms with Gasteiger partial charge in [0, 0.05) is 6.54 Å². The summed E-state index contributed by atoms with van der Waals surface area (Å²) in [5, 5.41) is 16.2. The second-order valence-corrected chi connectivity index (χ2v) is 3.63. The van der Waals surface area contributed by atoms with E-state index in [0.717, 1.165) is 24.7 Å². The minimum atomic E-state index is -0.772. The van der Waals surface area contributed by atoms with Crippen LogP contribution in [-0.4, -0.2) is 31.0 Å². The minimum absolute atomic E-state index is 0.133. The predicted molar refractivity (Wildman–Crippen MR) is 63.9 cm³/mol. The molecule has 6 nitrogen and oxygen atoms in total. The molecule has 0 bridgehead atoms. The molecule has 0 aliphatic heterocycles. The fourth-order valence-electron chi connectivity index (χ4n) is 1.41. The lowest BCUT2D eigenvalue weighted by Gasteiger charge is -2.05. The Hall–Kier alpha value is -2.02. The average molecular weight is 255 g/mol. The van der Waals surface area contributed by atoms with Crippen molar-refractivity contribution < 1.29 is 14.1 Å². The molecule has 0 saturated carbocycles. The van der Waals surface area contributed by atoms with E-state index in [1.165, 1.54) is 0 Å². The predicted octanol–water partition coefficient (Wildman–Crippen LogP) is 1.07. The fourth-order valence-corrected chi connectivity index (χ4v) is 1.41. The zero-order chi connectivity index (χ0) is 13.5. The summed E-state index contributed by atoms with van der Waals surface area (Å²) in [5.74, 6) is -1.31. The molecule has 1 amide bonds. The summed E-state index contributed by atoms with van der Waals surface area (Å²) in [7, 11) is 1.78. The van der Waals surface area contributed by atoms with Crippen molar-refractivity contribution in [3.63, 3.8) is 0 Å². The molecule has 0 aliphatic carbocycles. The van der Waals surface area contributed by atoms with Crippen molar-refractivity contribution in [3.8, 4) is 0 Å². The van der Waals surface area contributed by atoms with Gasteiger partial charge in [-0.05, 0) is 32.1 Å². The van der Waals surface area contributed by atoms with Gasteiger partial charge in [0.2, 0.25) is 0 Å². The first-order chi connectivity index (χ1) is 8.56. The molecule has 0 unspecified atom stereocenters. The summed E-state index contributed by atoms with van der Waals surface area (Å²) in [6.07, 6.45) is 0.706. The number of nitro groups is 1. The number of hydrogen-bond donors (Lipinski definition) is 2. The molecule has 0 radical (unpaired) electrons. The topological polar surface area (TPSA) is 84.3 Å². The Balaban J connectivity index is 2.76. The highest BCUT2D eigenvalue weighted by molar-refractivity contribution is 5.98. The Labute approximate surface area is 103 Å². The fraction of sp³-hybridized carbons (Fsp3) is 0.364. The van der Waals surface area contributed by atoms with Gasteiger partial charge in [0.15, 0.2) is 0 Å². The number of nitrogens with one attached hydrogen (secondary N) is 2. The number of hydrogen-bond acceptors (Lipinski definition) is 4. The van der Waals surface area contributed by atoms with Crippen LogP contribution in [0.3, 0.4) is 0 Å². The minimum Gasteiger partial charge on any atom is -0.352 e. The monoisotopic (exact) mass is 255 g/mol. The first-order valence-electron chi connectivity index (χ1n) is 5.43. The molecule has 0 heterocycles. The number of carbonyl (C=O) groups is 1. The molecule has 7 heteroatoms. The van der Waals surface area contributed by atoms with Gasteiger partial charge in [-0.1, -0.05) is 0 Å². The van der Waals surface area contributed by atoms with E-state index in [4.69, 9.17) is 0 Å². The van der Waals surface area contributed by atoms with Gasteiger partial charge in [-0.2, -0.15) is 0 Å². The SMILES string of the molecule is CNCCCNC(=O)c1ccc(F)cc1[N+](=O)[O-]. The number of benzene rings is 1. The smallest absolute Gasteiger partial charge is 0.285 e. The summed E-state index contributed by atoms with van der Waals surface area (Å²) in [6.45, 7) is 1.12. The van der Waals surface area contributed by atoms with Gasteiger partial charge in [0.25, 0.3) is 11.6 Å². The van der Waals surface area contributed by atoms with Crippen molar-refractivity contribution in [1.29, 1.82) is 0 Å². The first-order valence-corrected chi connectivity index (χ1v) is 5.43. The molecule has 0 aliphatic rings. The Kier molecular flexibility index (Phi) is 5.19. The van der Waals surface area contributed by atoms with Crippen molar-refractivity contribution in [2.24, 2.45) is 0 Å². The summed E-state index contributed by atoms with van der Waals surface area (Å²) in [6, 6.07) is 2.87. The molecule has 0 spiro atoms. The second-order valence-electron chi connectivity index (χ2n) is 3.63. The normalized spacial score (nSPS) is 10.1. The lowest BCUT2D eigenvalue weighted by Crippen LogP contribution is -2.27. The molecule has 0 aromatic heterocycles. The van der Waals surface area contributed by atoms with E-state index in [-0.39, 0.29) is 5.56 Å². The molecule has 0 saturated heterocycles. The highest BCUT2D eigenvalue weighted by Gasteiger charge is 2.20. The maximum Gasteiger partial charge on any atom is 0.285 e. The summed E-state index contributed by atoms with van der Waals surface area (Å²) >= 11 is 0. The first kappa shape index (κ1) is 14.0. The summed E-state index contributed by atoms with van der Waals surface area (Å²) in [4.78, 5) is 21.6. The van der Waals surface area contributed by atoms with Crippen LogP contribution in [-0.2, 0) is 0 Å². The van der Waals surface area contributed by atoms with Crippen LogP contribution in [0.1, 0.15) is 16.8 Å². The van der Waals surface area contributed by atoms with Crippen molar-refractivity contribution in [2.45, 2.75) is 6.42 Å². The van der Waals surface area contributed by atoms with Crippen molar-refractivity contribution in [1.82, 2.24) is 10.6 Å². The number of nitro benzene ring substituents is 1. The molecular formula is C11H14FN3O3. The van der Waals surface area contributed by atoms with E-state index >= 15 is 0 Å². The van der Waals surface area contributed by atoms with Gasteiger partial charge in [-0.3, -0.25) is 14.9 Å². The van der Waals surface area contributed by atoms with Gasteiger partial charge in [-0.25, -0.2) is 4.39 Å². The standard InChI is InChI=1S/C11H14FN3O3/c1-13-5-2-6-14-11(16)9-4-3-8(12)7-10(9)15(17)18/h3-4,7,13H,2,5-6H2,1H3,(H,14,16). The third kappa shape index (κ3) is 3.77. The zero-order valence-corrected chi connectivity index (χ0v) is 9.90. The molecule has 0 atom stereocenters. The molecular weight excluding hydrogens is 241 g/mol. The molecule has 1 rings (SSSR count). The Morgan fingerprint density at radius 3 is 2.78 bits per heavy atom. The van der Waals surface area contributed by atoms with Crippen LogP contribution in [0.4, 0.5) is 10.1 Å². The molecule has 18 heavy (non-hydrogen) atoms. The van der Waals surface area contributed by atoms with E-state index in [9.17, 15) is 19.3 Å². The van der Waals surface area contributed by atoms with Crippen molar-refractivity contribution in [2.75, 3.05) is 20.1 Å². The van der Waals surface area contributed by atoms with Gasteiger partial charge in [-0.15, -0.1) is 0 Å². The second kappa shape index (κ2) is 6.65. The van der Waals surface area contributed by atoms with E-state index in [1.54, 1.807) is 7.05 Å². The van der Waals surface area contributed by atoms with Crippen LogP contribution < -0.4 is 10.6 Å². The lowest BCUT2D eigenvalue weighted by molar-refractivity contribution is -0.385. The van der Waals surface area contributed by atoms with Crippen LogP contribution in [0.2, 0.25) is 0 Å². The molecule has 1 aromatic carbocycles. The summed E-state index contributed by atoms with van der Waals surface area (Å²) in [5.41, 5.74) is -0.660. The van der Waals surface area contributed by atoms with Crippen LogP contribution in [0, 0.1) is 15.9 Å². The number of nitrogens with zero attached hydrogens (tertiary/aromatic N) is 1. The Morgan fingerprint density at radius 2 is 2.17 bits per heavy atom. The summed E-state index contributed by atoms with van der Waals surface area (Å²) < 4.78 is 12.9. The Bertz CT molecular complexity index is 451. The largest absolute Gasteiger partial charge is 0.352 e. The van der Waals surface area contributed by atoms with E-state index in [1.807, 2.05) is 0 Å².